The second-order valence-corrected chi connectivity index (χ2v) is 8.24. The van der Waals surface area contributed by atoms with Gasteiger partial charge in [0.25, 0.3) is 0 Å². The van der Waals surface area contributed by atoms with Gasteiger partial charge in [0.15, 0.2) is 0 Å². The van der Waals surface area contributed by atoms with E-state index in [1.54, 1.807) is 0 Å². The molecule has 1 amide bonds. The van der Waals surface area contributed by atoms with Crippen molar-refractivity contribution in [2.24, 2.45) is 0 Å². The number of carbonyl (C=O) groups excluding carboxylic acids is 1. The van der Waals surface area contributed by atoms with Crippen LogP contribution in [0, 0.1) is 0 Å². The molecular formula is C22H24ClN2OS+. The van der Waals surface area contributed by atoms with Crippen molar-refractivity contribution < 1.29 is 9.69 Å². The minimum absolute atomic E-state index is 0.0241. The van der Waals surface area contributed by atoms with Crippen LogP contribution in [-0.2, 0) is 17.9 Å². The molecule has 3 rings (SSSR count). The first-order valence-corrected chi connectivity index (χ1v) is 10.3. The Labute approximate surface area is 169 Å². The summed E-state index contributed by atoms with van der Waals surface area (Å²) in [5, 5.41) is 5.87. The number of hydrogen-bond acceptors (Lipinski definition) is 2. The van der Waals surface area contributed by atoms with Crippen LogP contribution >= 0.6 is 23.4 Å². The number of benzene rings is 3. The third-order valence-corrected chi connectivity index (χ3v) is 5.69. The largest absolute Gasteiger partial charge is 0.351 e. The van der Waals surface area contributed by atoms with Crippen LogP contribution in [0.15, 0.2) is 65.6 Å². The third kappa shape index (κ3) is 5.25. The minimum atomic E-state index is 0.0241. The normalized spacial score (nSPS) is 11.1. The molecule has 0 bridgehead atoms. The SMILES string of the molecule is C[NH+](C)Cc1ccccc1CNC(=O)CSc1cccc2cccc(Cl)c12. The standard InChI is InChI=1S/C22H23ClN2OS/c1-25(2)14-18-8-4-3-7-17(18)13-24-21(26)15-27-20-12-6-10-16-9-5-11-19(23)22(16)20/h3-12H,13-15H2,1-2H3,(H,24,26)/p+1. The van der Waals surface area contributed by atoms with Crippen molar-refractivity contribution in [3.63, 3.8) is 0 Å². The number of hydrogen-bond donors (Lipinski definition) is 2. The number of quaternary nitrogens is 1. The predicted molar refractivity (Wildman–Crippen MR) is 114 cm³/mol. The van der Waals surface area contributed by atoms with Gasteiger partial charge in [-0.2, -0.15) is 0 Å². The summed E-state index contributed by atoms with van der Waals surface area (Å²) in [5.41, 5.74) is 2.44. The number of carbonyl (C=O) groups is 1. The van der Waals surface area contributed by atoms with Gasteiger partial charge in [0, 0.05) is 27.4 Å². The summed E-state index contributed by atoms with van der Waals surface area (Å²) in [4.78, 5) is 14.8. The highest BCUT2D eigenvalue weighted by Crippen LogP contribution is 2.33. The van der Waals surface area contributed by atoms with E-state index < -0.39 is 0 Å². The van der Waals surface area contributed by atoms with Gasteiger partial charge in [-0.05, 0) is 23.1 Å². The highest BCUT2D eigenvalue weighted by Gasteiger charge is 2.10. The summed E-state index contributed by atoms with van der Waals surface area (Å²) < 4.78 is 0. The molecular weight excluding hydrogens is 376 g/mol. The van der Waals surface area contributed by atoms with Crippen LogP contribution in [0.25, 0.3) is 10.8 Å². The van der Waals surface area contributed by atoms with E-state index in [0.29, 0.717) is 12.3 Å². The van der Waals surface area contributed by atoms with Crippen LogP contribution in [0.2, 0.25) is 5.02 Å². The van der Waals surface area contributed by atoms with E-state index in [4.69, 9.17) is 11.6 Å². The number of halogens is 1. The zero-order valence-corrected chi connectivity index (χ0v) is 17.2. The summed E-state index contributed by atoms with van der Waals surface area (Å²) in [7, 11) is 4.25. The molecule has 0 aliphatic carbocycles. The quantitative estimate of drug-likeness (QED) is 0.596. The van der Waals surface area contributed by atoms with Crippen LogP contribution in [0.4, 0.5) is 0 Å². The van der Waals surface area contributed by atoms with Gasteiger partial charge >= 0.3 is 0 Å². The zero-order chi connectivity index (χ0) is 19.2. The maximum atomic E-state index is 12.4. The molecule has 0 heterocycles. The number of fused-ring (bicyclic) bond motifs is 1. The maximum absolute atomic E-state index is 12.4. The third-order valence-electron chi connectivity index (χ3n) is 4.31. The summed E-state index contributed by atoms with van der Waals surface area (Å²) in [6.45, 7) is 1.49. The van der Waals surface area contributed by atoms with Crippen LogP contribution in [0.1, 0.15) is 11.1 Å². The van der Waals surface area contributed by atoms with E-state index in [0.717, 1.165) is 27.2 Å². The molecule has 27 heavy (non-hydrogen) atoms. The molecule has 0 unspecified atom stereocenters. The Balaban J connectivity index is 1.62. The highest BCUT2D eigenvalue weighted by molar-refractivity contribution is 8.00. The molecule has 0 saturated heterocycles. The number of amides is 1. The summed E-state index contributed by atoms with van der Waals surface area (Å²) in [5.74, 6) is 0.391. The molecule has 0 aromatic heterocycles. The Kier molecular flexibility index (Phi) is 6.78. The van der Waals surface area contributed by atoms with Gasteiger partial charge in [-0.25, -0.2) is 0 Å². The number of thioether (sulfide) groups is 1. The lowest BCUT2D eigenvalue weighted by molar-refractivity contribution is -0.872. The molecule has 3 nitrogen and oxygen atoms in total. The molecule has 0 aliphatic rings. The molecule has 3 aromatic carbocycles. The van der Waals surface area contributed by atoms with Crippen LogP contribution < -0.4 is 10.2 Å². The molecule has 0 saturated carbocycles. The van der Waals surface area contributed by atoms with Crippen molar-refractivity contribution in [1.29, 1.82) is 0 Å². The van der Waals surface area contributed by atoms with Crippen molar-refractivity contribution in [1.82, 2.24) is 5.32 Å². The van der Waals surface area contributed by atoms with Crippen molar-refractivity contribution in [3.8, 4) is 0 Å². The Morgan fingerprint density at radius 2 is 1.70 bits per heavy atom. The first kappa shape index (κ1) is 19.7. The van der Waals surface area contributed by atoms with Crippen LogP contribution in [-0.4, -0.2) is 25.8 Å². The van der Waals surface area contributed by atoms with Crippen LogP contribution in [0.3, 0.4) is 0 Å². The average Bonchev–Trinajstić information content (AvgIpc) is 2.65. The predicted octanol–water partition coefficient (Wildman–Crippen LogP) is 3.55. The molecule has 0 radical (unpaired) electrons. The topological polar surface area (TPSA) is 33.5 Å². The van der Waals surface area contributed by atoms with Gasteiger partial charge in [0.1, 0.15) is 6.54 Å². The lowest BCUT2D eigenvalue weighted by atomic mass is 10.1. The van der Waals surface area contributed by atoms with Crippen molar-refractivity contribution in [2.45, 2.75) is 18.0 Å². The van der Waals surface area contributed by atoms with E-state index in [1.165, 1.54) is 27.8 Å². The van der Waals surface area contributed by atoms with E-state index in [-0.39, 0.29) is 5.91 Å². The fraction of sp³-hybridized carbons (Fsp3) is 0.227. The van der Waals surface area contributed by atoms with Gasteiger partial charge in [0.05, 0.1) is 19.8 Å². The smallest absolute Gasteiger partial charge is 0.230 e. The fourth-order valence-corrected chi connectivity index (χ4v) is 4.33. The number of rotatable bonds is 7. The molecule has 3 aromatic rings. The lowest BCUT2D eigenvalue weighted by Gasteiger charge is -2.13. The summed E-state index contributed by atoms with van der Waals surface area (Å²) in [6.07, 6.45) is 0. The number of nitrogens with one attached hydrogen (secondary N) is 2. The first-order chi connectivity index (χ1) is 13.0. The molecule has 0 aliphatic heterocycles. The first-order valence-electron chi connectivity index (χ1n) is 8.97. The van der Waals surface area contributed by atoms with Crippen molar-refractivity contribution in [2.75, 3.05) is 19.8 Å². The van der Waals surface area contributed by atoms with Crippen LogP contribution in [0.5, 0.6) is 0 Å². The Morgan fingerprint density at radius 1 is 1.00 bits per heavy atom. The zero-order valence-electron chi connectivity index (χ0n) is 15.6. The van der Waals surface area contributed by atoms with E-state index >= 15 is 0 Å². The fourth-order valence-electron chi connectivity index (χ4n) is 3.05. The molecule has 140 valence electrons. The molecule has 2 N–H and O–H groups in total. The molecule has 0 fully saturated rings. The van der Waals surface area contributed by atoms with Gasteiger partial charge in [-0.1, -0.05) is 60.1 Å². The van der Waals surface area contributed by atoms with E-state index in [1.807, 2.05) is 48.5 Å². The van der Waals surface area contributed by atoms with Crippen molar-refractivity contribution >= 4 is 40.0 Å². The Hall–Kier alpha value is -2.01. The van der Waals surface area contributed by atoms with Gasteiger partial charge in [-0.3, -0.25) is 4.79 Å². The van der Waals surface area contributed by atoms with E-state index in [2.05, 4.69) is 31.5 Å². The van der Waals surface area contributed by atoms with Gasteiger partial charge in [0.2, 0.25) is 5.91 Å². The Bertz CT molecular complexity index is 937. The second-order valence-electron chi connectivity index (χ2n) is 6.81. The maximum Gasteiger partial charge on any atom is 0.230 e. The molecule has 5 heteroatoms. The molecule has 0 atom stereocenters. The summed E-state index contributed by atoms with van der Waals surface area (Å²) in [6, 6.07) is 20.2. The highest BCUT2D eigenvalue weighted by atomic mass is 35.5. The van der Waals surface area contributed by atoms with Gasteiger partial charge in [-0.15, -0.1) is 11.8 Å². The van der Waals surface area contributed by atoms with E-state index in [9.17, 15) is 4.79 Å². The molecule has 0 spiro atoms. The van der Waals surface area contributed by atoms with Crippen molar-refractivity contribution in [3.05, 3.63) is 76.8 Å². The minimum Gasteiger partial charge on any atom is -0.351 e. The van der Waals surface area contributed by atoms with Gasteiger partial charge < -0.3 is 10.2 Å². The second kappa shape index (κ2) is 9.27. The lowest BCUT2D eigenvalue weighted by Crippen LogP contribution is -3.04. The summed E-state index contributed by atoms with van der Waals surface area (Å²) >= 11 is 7.88. The Morgan fingerprint density at radius 3 is 2.44 bits per heavy atom. The average molecular weight is 400 g/mol. The monoisotopic (exact) mass is 399 g/mol.